The minimum Gasteiger partial charge on any atom is -0.345 e. The van der Waals surface area contributed by atoms with Gasteiger partial charge in [0.1, 0.15) is 0 Å². The largest absolute Gasteiger partial charge is 0.345 e. The van der Waals surface area contributed by atoms with Gasteiger partial charge in [-0.2, -0.15) is 0 Å². The van der Waals surface area contributed by atoms with Gasteiger partial charge in [-0.1, -0.05) is 13.0 Å². The van der Waals surface area contributed by atoms with E-state index < -0.39 is 0 Å². The molecule has 17 heavy (non-hydrogen) atoms. The first-order chi connectivity index (χ1) is 8.29. The Kier molecular flexibility index (Phi) is 4.12. The maximum atomic E-state index is 5.58. The van der Waals surface area contributed by atoms with Gasteiger partial charge in [0, 0.05) is 6.54 Å². The molecular weight excluding hydrogens is 212 g/mol. The average Bonchev–Trinajstić information content (AvgIpc) is 2.81. The van der Waals surface area contributed by atoms with E-state index in [1.54, 1.807) is 6.33 Å². The molecule has 92 valence electrons. The van der Waals surface area contributed by atoms with E-state index in [-0.39, 0.29) is 0 Å². The number of hydrogen-bond acceptors (Lipinski definition) is 3. The van der Waals surface area contributed by atoms with Crippen LogP contribution in [0.1, 0.15) is 18.9 Å². The van der Waals surface area contributed by atoms with Gasteiger partial charge in [-0.3, -0.25) is 0 Å². The molecule has 4 N–H and O–H groups in total. The molecule has 0 aliphatic rings. The monoisotopic (exact) mass is 232 g/mol. The summed E-state index contributed by atoms with van der Waals surface area (Å²) in [5, 5.41) is 3.43. The zero-order valence-corrected chi connectivity index (χ0v) is 10.2. The van der Waals surface area contributed by atoms with E-state index in [9.17, 15) is 0 Å². The van der Waals surface area contributed by atoms with Gasteiger partial charge in [-0.25, -0.2) is 4.98 Å². The van der Waals surface area contributed by atoms with Crippen LogP contribution in [-0.4, -0.2) is 23.1 Å². The van der Waals surface area contributed by atoms with Gasteiger partial charge >= 0.3 is 0 Å². The highest BCUT2D eigenvalue weighted by Gasteiger charge is 2.00. The molecule has 0 aliphatic carbocycles. The molecule has 0 aliphatic heterocycles. The van der Waals surface area contributed by atoms with Crippen LogP contribution in [0.15, 0.2) is 24.5 Å². The summed E-state index contributed by atoms with van der Waals surface area (Å²) in [5.41, 5.74) is 8.97. The Morgan fingerprint density at radius 2 is 2.35 bits per heavy atom. The van der Waals surface area contributed by atoms with Crippen LogP contribution >= 0.6 is 0 Å². The number of nitrogens with one attached hydrogen (secondary N) is 2. The zero-order valence-electron chi connectivity index (χ0n) is 10.2. The van der Waals surface area contributed by atoms with Crippen molar-refractivity contribution in [2.45, 2.75) is 19.9 Å². The number of hydrogen-bond donors (Lipinski definition) is 3. The minimum atomic E-state index is 0.595. The first kappa shape index (κ1) is 12.1. The predicted molar refractivity (Wildman–Crippen MR) is 70.6 cm³/mol. The molecule has 0 radical (unpaired) electrons. The molecule has 1 heterocycles. The molecule has 0 fully saturated rings. The van der Waals surface area contributed by atoms with E-state index in [2.05, 4.69) is 34.3 Å². The minimum absolute atomic E-state index is 0.595. The zero-order chi connectivity index (χ0) is 12.1. The second-order valence-electron chi connectivity index (χ2n) is 4.56. The fourth-order valence-corrected chi connectivity index (χ4v) is 1.79. The van der Waals surface area contributed by atoms with Crippen molar-refractivity contribution in [3.63, 3.8) is 0 Å². The summed E-state index contributed by atoms with van der Waals surface area (Å²) in [6, 6.07) is 6.30. The molecule has 0 bridgehead atoms. The molecule has 2 rings (SSSR count). The third-order valence-electron chi connectivity index (χ3n) is 3.03. The highest BCUT2D eigenvalue weighted by atomic mass is 14.9. The summed E-state index contributed by atoms with van der Waals surface area (Å²) in [4.78, 5) is 7.32. The number of H-pyrrole nitrogens is 1. The summed E-state index contributed by atoms with van der Waals surface area (Å²) >= 11 is 0. The van der Waals surface area contributed by atoms with Crippen LogP contribution in [0.4, 0.5) is 0 Å². The Balaban J connectivity index is 1.82. The molecule has 4 heteroatoms. The SMILES string of the molecule is CC(CN)CCNCc1ccc2nc[nH]c2c1. The van der Waals surface area contributed by atoms with Crippen molar-refractivity contribution < 1.29 is 0 Å². The van der Waals surface area contributed by atoms with Crippen LogP contribution in [0.25, 0.3) is 11.0 Å². The first-order valence-corrected chi connectivity index (χ1v) is 6.12. The molecule has 0 saturated carbocycles. The van der Waals surface area contributed by atoms with Crippen LogP contribution in [0.2, 0.25) is 0 Å². The normalized spacial score (nSPS) is 13.1. The molecule has 1 aromatic carbocycles. The van der Waals surface area contributed by atoms with Crippen molar-refractivity contribution in [2.75, 3.05) is 13.1 Å². The number of aromatic amines is 1. The summed E-state index contributed by atoms with van der Waals surface area (Å²) < 4.78 is 0. The number of nitrogens with two attached hydrogens (primary N) is 1. The van der Waals surface area contributed by atoms with Gasteiger partial charge < -0.3 is 16.0 Å². The van der Waals surface area contributed by atoms with Crippen molar-refractivity contribution in [3.8, 4) is 0 Å². The second-order valence-corrected chi connectivity index (χ2v) is 4.56. The summed E-state index contributed by atoms with van der Waals surface area (Å²) in [6.45, 7) is 4.85. The van der Waals surface area contributed by atoms with E-state index in [1.807, 2.05) is 6.07 Å². The van der Waals surface area contributed by atoms with Crippen molar-refractivity contribution in [2.24, 2.45) is 11.7 Å². The Morgan fingerprint density at radius 1 is 1.47 bits per heavy atom. The third kappa shape index (κ3) is 3.28. The number of imidazole rings is 1. The topological polar surface area (TPSA) is 66.7 Å². The molecule has 1 atom stereocenters. The number of benzene rings is 1. The van der Waals surface area contributed by atoms with Crippen LogP contribution in [0.3, 0.4) is 0 Å². The number of rotatable bonds is 6. The lowest BCUT2D eigenvalue weighted by Crippen LogP contribution is -2.20. The molecular formula is C13H20N4. The lowest BCUT2D eigenvalue weighted by atomic mass is 10.1. The predicted octanol–water partition coefficient (Wildman–Crippen LogP) is 1.64. The van der Waals surface area contributed by atoms with Gasteiger partial charge in [0.15, 0.2) is 0 Å². The van der Waals surface area contributed by atoms with Crippen LogP contribution in [0, 0.1) is 5.92 Å². The second kappa shape index (κ2) is 5.80. The van der Waals surface area contributed by atoms with Crippen molar-refractivity contribution in [3.05, 3.63) is 30.1 Å². The average molecular weight is 232 g/mol. The van der Waals surface area contributed by atoms with Gasteiger partial charge in [0.25, 0.3) is 0 Å². The third-order valence-corrected chi connectivity index (χ3v) is 3.03. The van der Waals surface area contributed by atoms with E-state index in [1.165, 1.54) is 5.56 Å². The van der Waals surface area contributed by atoms with Crippen molar-refractivity contribution in [1.82, 2.24) is 15.3 Å². The fourth-order valence-electron chi connectivity index (χ4n) is 1.79. The lowest BCUT2D eigenvalue weighted by Gasteiger charge is -2.09. The number of aromatic nitrogens is 2. The maximum Gasteiger partial charge on any atom is 0.0931 e. The van der Waals surface area contributed by atoms with E-state index >= 15 is 0 Å². The first-order valence-electron chi connectivity index (χ1n) is 6.12. The highest BCUT2D eigenvalue weighted by molar-refractivity contribution is 5.74. The molecule has 1 unspecified atom stereocenters. The van der Waals surface area contributed by atoms with E-state index in [4.69, 9.17) is 5.73 Å². The molecule has 2 aromatic rings. The van der Waals surface area contributed by atoms with Gasteiger partial charge in [0.05, 0.1) is 17.4 Å². The molecule has 0 spiro atoms. The maximum absolute atomic E-state index is 5.58. The standard InChI is InChI=1S/C13H20N4/c1-10(7-14)4-5-15-8-11-2-3-12-13(6-11)17-9-16-12/h2-3,6,9-10,15H,4-5,7-8,14H2,1H3,(H,16,17). The lowest BCUT2D eigenvalue weighted by molar-refractivity contribution is 0.509. The molecule has 1 aromatic heterocycles. The smallest absolute Gasteiger partial charge is 0.0931 e. The van der Waals surface area contributed by atoms with Crippen LogP contribution in [-0.2, 0) is 6.54 Å². The summed E-state index contributed by atoms with van der Waals surface area (Å²) in [6.07, 6.45) is 2.85. The molecule has 0 amide bonds. The van der Waals surface area contributed by atoms with Gasteiger partial charge in [-0.15, -0.1) is 0 Å². The number of fused-ring (bicyclic) bond motifs is 1. The van der Waals surface area contributed by atoms with Crippen molar-refractivity contribution >= 4 is 11.0 Å². The van der Waals surface area contributed by atoms with Crippen LogP contribution < -0.4 is 11.1 Å². The molecule has 4 nitrogen and oxygen atoms in total. The summed E-state index contributed by atoms with van der Waals surface area (Å²) in [7, 11) is 0. The highest BCUT2D eigenvalue weighted by Crippen LogP contribution is 2.11. The summed E-state index contributed by atoms with van der Waals surface area (Å²) in [5.74, 6) is 0.595. The Morgan fingerprint density at radius 3 is 3.18 bits per heavy atom. The van der Waals surface area contributed by atoms with Crippen LogP contribution in [0.5, 0.6) is 0 Å². The quantitative estimate of drug-likeness (QED) is 0.663. The van der Waals surface area contributed by atoms with Gasteiger partial charge in [-0.05, 0) is 43.1 Å². The van der Waals surface area contributed by atoms with Crippen molar-refractivity contribution in [1.29, 1.82) is 0 Å². The Labute approximate surface area is 102 Å². The fraction of sp³-hybridized carbons (Fsp3) is 0.462. The van der Waals surface area contributed by atoms with E-state index in [0.29, 0.717) is 5.92 Å². The Bertz CT molecular complexity index is 463. The van der Waals surface area contributed by atoms with Gasteiger partial charge in [0.2, 0.25) is 0 Å². The van der Waals surface area contributed by atoms with E-state index in [0.717, 1.165) is 37.1 Å². The number of nitrogens with zero attached hydrogens (tertiary/aromatic N) is 1. The Hall–Kier alpha value is -1.39. The molecule has 0 saturated heterocycles.